The van der Waals surface area contributed by atoms with Gasteiger partial charge in [-0.15, -0.1) is 0 Å². The molecule has 1 aromatic rings. The number of rotatable bonds is 1. The van der Waals surface area contributed by atoms with E-state index in [0.29, 0.717) is 0 Å². The van der Waals surface area contributed by atoms with Crippen LogP contribution in [-0.4, -0.2) is 26.1 Å². The molecule has 0 saturated carbocycles. The SMILES string of the molecule is CO[13C](=N)N.Cc1ccc(S(=O)(=O)O)cc1. The number of nitrogens with one attached hydrogen (secondary N) is 1. The highest BCUT2D eigenvalue weighted by Gasteiger charge is 2.06. The molecule has 1 rings (SSSR count). The van der Waals surface area contributed by atoms with Crippen LogP contribution in [0, 0.1) is 12.3 Å². The molecular weight excluding hydrogens is 233 g/mol. The van der Waals surface area contributed by atoms with Crippen LogP contribution in [0.25, 0.3) is 0 Å². The van der Waals surface area contributed by atoms with Gasteiger partial charge in [-0.25, -0.2) is 0 Å². The highest BCUT2D eigenvalue weighted by atomic mass is 32.2. The minimum absolute atomic E-state index is 0.0666. The lowest BCUT2D eigenvalue weighted by Gasteiger charge is -1.95. The van der Waals surface area contributed by atoms with Gasteiger partial charge in [0, 0.05) is 0 Å². The topological polar surface area (TPSA) is 113 Å². The number of methoxy groups -OCH3 is 1. The van der Waals surface area contributed by atoms with E-state index in [1.165, 1.54) is 19.2 Å². The summed E-state index contributed by atoms with van der Waals surface area (Å²) in [6.45, 7) is 1.84. The lowest BCUT2D eigenvalue weighted by Crippen LogP contribution is -2.10. The van der Waals surface area contributed by atoms with Crippen LogP contribution in [0.1, 0.15) is 5.56 Å². The number of nitrogens with two attached hydrogens (primary N) is 1. The van der Waals surface area contributed by atoms with Gasteiger partial charge in [-0.05, 0) is 19.1 Å². The molecule has 6 nitrogen and oxygen atoms in total. The van der Waals surface area contributed by atoms with Crippen LogP contribution in [0.15, 0.2) is 29.2 Å². The third kappa shape index (κ3) is 5.99. The molecule has 1 aromatic carbocycles. The first-order valence-corrected chi connectivity index (χ1v) is 5.63. The van der Waals surface area contributed by atoms with Crippen molar-refractivity contribution in [2.24, 2.45) is 5.73 Å². The average molecular weight is 247 g/mol. The van der Waals surface area contributed by atoms with E-state index in [2.05, 4.69) is 10.5 Å². The molecule has 16 heavy (non-hydrogen) atoms. The quantitative estimate of drug-likeness (QED) is 0.293. The van der Waals surface area contributed by atoms with Crippen molar-refractivity contribution in [3.63, 3.8) is 0 Å². The summed E-state index contributed by atoms with van der Waals surface area (Å²) in [5.74, 6) is 0. The third-order valence-electron chi connectivity index (χ3n) is 1.54. The van der Waals surface area contributed by atoms with Crippen molar-refractivity contribution in [2.75, 3.05) is 7.11 Å². The summed E-state index contributed by atoms with van der Waals surface area (Å²) in [5.41, 5.74) is 5.61. The molecule has 0 atom stereocenters. The zero-order valence-corrected chi connectivity index (χ0v) is 9.78. The molecule has 4 N–H and O–H groups in total. The first kappa shape index (κ1) is 14.4. The Kier molecular flexibility index (Phi) is 5.48. The molecule has 0 fully saturated rings. The lowest BCUT2D eigenvalue weighted by atomic mass is 10.2. The summed E-state index contributed by atoms with van der Waals surface area (Å²) in [4.78, 5) is -0.0666. The van der Waals surface area contributed by atoms with Crippen LogP contribution in [0.2, 0.25) is 0 Å². The zero-order chi connectivity index (χ0) is 12.8. The highest BCUT2D eigenvalue weighted by Crippen LogP contribution is 2.08. The molecule has 0 bridgehead atoms. The standard InChI is InChI=1S/C7H8O3S.C2H6N2O/c1-6-2-4-7(5-3-6)11(8,9)10;1-5-2(3)4/h2-5H,1H3,(H,8,9,10);1H3,(H3,3,4)/i;2+1. The largest absolute Gasteiger partial charge is 0.469 e. The second-order valence-corrected chi connectivity index (χ2v) is 4.28. The van der Waals surface area contributed by atoms with Crippen molar-refractivity contribution in [1.82, 2.24) is 0 Å². The van der Waals surface area contributed by atoms with Crippen LogP contribution in [0.4, 0.5) is 0 Å². The third-order valence-corrected chi connectivity index (χ3v) is 2.41. The maximum atomic E-state index is 10.5. The maximum Gasteiger partial charge on any atom is 0.294 e. The van der Waals surface area contributed by atoms with Gasteiger partial charge in [0.15, 0.2) is 0 Å². The summed E-state index contributed by atoms with van der Waals surface area (Å²) < 4.78 is 33.7. The Hall–Kier alpha value is -1.60. The molecule has 0 spiro atoms. The Morgan fingerprint density at radius 3 is 2.00 bits per heavy atom. The molecule has 0 heterocycles. The van der Waals surface area contributed by atoms with Gasteiger partial charge in [0.1, 0.15) is 0 Å². The Morgan fingerprint density at radius 1 is 1.38 bits per heavy atom. The summed E-state index contributed by atoms with van der Waals surface area (Å²) >= 11 is 0. The fourth-order valence-electron chi connectivity index (χ4n) is 0.710. The van der Waals surface area contributed by atoms with E-state index in [1.807, 2.05) is 6.92 Å². The van der Waals surface area contributed by atoms with Crippen molar-refractivity contribution in [2.45, 2.75) is 11.8 Å². The van der Waals surface area contributed by atoms with Crippen molar-refractivity contribution in [3.05, 3.63) is 29.8 Å². The zero-order valence-electron chi connectivity index (χ0n) is 8.97. The summed E-state index contributed by atoms with van der Waals surface area (Å²) in [6, 6.07) is 5.74. The molecule has 7 heteroatoms. The van der Waals surface area contributed by atoms with Crippen molar-refractivity contribution in [3.8, 4) is 0 Å². The summed E-state index contributed by atoms with van der Waals surface area (Å²) in [6.07, 6.45) is 0. The molecular formula is C9H14N2O4S. The minimum atomic E-state index is -4.02. The molecule has 0 unspecified atom stereocenters. The van der Waals surface area contributed by atoms with E-state index < -0.39 is 10.1 Å². The van der Waals surface area contributed by atoms with Crippen LogP contribution < -0.4 is 5.73 Å². The summed E-state index contributed by atoms with van der Waals surface area (Å²) in [7, 11) is -2.67. The number of amidine groups is 1. The second-order valence-electron chi connectivity index (χ2n) is 2.86. The van der Waals surface area contributed by atoms with Crippen LogP contribution >= 0.6 is 0 Å². The van der Waals surface area contributed by atoms with Crippen molar-refractivity contribution in [1.29, 1.82) is 5.41 Å². The van der Waals surface area contributed by atoms with Gasteiger partial charge < -0.3 is 10.5 Å². The Balaban J connectivity index is 0.000000385. The first-order chi connectivity index (χ1) is 7.27. The molecule has 0 radical (unpaired) electrons. The van der Waals surface area contributed by atoms with E-state index in [4.69, 9.17) is 9.96 Å². The van der Waals surface area contributed by atoms with Gasteiger partial charge >= 0.3 is 0 Å². The number of hydrogen-bond acceptors (Lipinski definition) is 4. The fourth-order valence-corrected chi connectivity index (χ4v) is 1.19. The molecule has 0 aromatic heterocycles. The number of aryl methyl sites for hydroxylation is 1. The first-order valence-electron chi connectivity index (χ1n) is 4.19. The predicted octanol–water partition coefficient (Wildman–Crippen LogP) is 0.768. The van der Waals surface area contributed by atoms with E-state index >= 15 is 0 Å². The van der Waals surface area contributed by atoms with Gasteiger partial charge in [-0.1, -0.05) is 17.7 Å². The van der Waals surface area contributed by atoms with Gasteiger partial charge in [0.05, 0.1) is 12.0 Å². The molecule has 0 aliphatic heterocycles. The van der Waals surface area contributed by atoms with Gasteiger partial charge in [0.25, 0.3) is 16.1 Å². The number of ether oxygens (including phenoxy) is 1. The number of hydrogen-bond donors (Lipinski definition) is 3. The van der Waals surface area contributed by atoms with Gasteiger partial charge in [0.2, 0.25) is 0 Å². The van der Waals surface area contributed by atoms with E-state index in [9.17, 15) is 8.42 Å². The summed E-state index contributed by atoms with van der Waals surface area (Å²) in [5, 5.41) is 6.30. The van der Waals surface area contributed by atoms with E-state index in [0.717, 1.165) is 5.56 Å². The fraction of sp³-hybridized carbons (Fsp3) is 0.222. The second kappa shape index (κ2) is 6.09. The monoisotopic (exact) mass is 247 g/mol. The Labute approximate surface area is 94.3 Å². The Bertz CT molecular complexity index is 439. The van der Waals surface area contributed by atoms with Gasteiger partial charge in [-0.3, -0.25) is 9.96 Å². The van der Waals surface area contributed by atoms with Crippen LogP contribution in [-0.2, 0) is 14.9 Å². The number of benzene rings is 1. The van der Waals surface area contributed by atoms with E-state index in [-0.39, 0.29) is 10.9 Å². The highest BCUT2D eigenvalue weighted by molar-refractivity contribution is 7.85. The maximum absolute atomic E-state index is 10.5. The minimum Gasteiger partial charge on any atom is -0.469 e. The smallest absolute Gasteiger partial charge is 0.294 e. The molecule has 0 amide bonds. The molecule has 0 aliphatic rings. The lowest BCUT2D eigenvalue weighted by molar-refractivity contribution is 0.393. The molecule has 90 valence electrons. The van der Waals surface area contributed by atoms with Crippen LogP contribution in [0.3, 0.4) is 0 Å². The Morgan fingerprint density at radius 2 is 1.75 bits per heavy atom. The van der Waals surface area contributed by atoms with Crippen molar-refractivity contribution < 1.29 is 17.7 Å². The van der Waals surface area contributed by atoms with Gasteiger partial charge in [-0.2, -0.15) is 8.42 Å². The van der Waals surface area contributed by atoms with Crippen LogP contribution in [0.5, 0.6) is 0 Å². The molecule has 0 saturated heterocycles. The average Bonchev–Trinajstić information content (AvgIpc) is 2.18. The molecule has 0 aliphatic carbocycles. The van der Waals surface area contributed by atoms with Crippen molar-refractivity contribution >= 4 is 16.1 Å². The van der Waals surface area contributed by atoms with E-state index in [1.54, 1.807) is 12.1 Å². The predicted molar refractivity (Wildman–Crippen MR) is 59.9 cm³/mol. The normalized spacial score (nSPS) is 9.94.